The summed E-state index contributed by atoms with van der Waals surface area (Å²) in [5.41, 5.74) is 2.71. The van der Waals surface area contributed by atoms with Crippen LogP contribution in [0.5, 0.6) is 0 Å². The molecule has 32 heavy (non-hydrogen) atoms. The molecule has 1 fully saturated rings. The number of carbonyl (C=O) groups excluding carboxylic acids is 1. The number of pyridine rings is 1. The first-order chi connectivity index (χ1) is 15.4. The molecule has 2 aromatic heterocycles. The Labute approximate surface area is 198 Å². The van der Waals surface area contributed by atoms with Crippen LogP contribution in [-0.2, 0) is 0 Å². The summed E-state index contributed by atoms with van der Waals surface area (Å²) in [7, 11) is 0. The molecule has 0 saturated carbocycles. The predicted molar refractivity (Wildman–Crippen MR) is 132 cm³/mol. The summed E-state index contributed by atoms with van der Waals surface area (Å²) in [5, 5.41) is 4.25. The first-order valence-electron chi connectivity index (χ1n) is 11.3. The van der Waals surface area contributed by atoms with Crippen LogP contribution in [0.2, 0.25) is 0 Å². The van der Waals surface area contributed by atoms with E-state index >= 15 is 0 Å². The number of rotatable bonds is 6. The predicted octanol–water partition coefficient (Wildman–Crippen LogP) is 5.62. The van der Waals surface area contributed by atoms with Crippen molar-refractivity contribution in [3.63, 3.8) is 0 Å². The number of aryl methyl sites for hydroxylation is 1. The molecule has 3 aromatic rings. The molecular formula is C25H30BrN5O. The minimum absolute atomic E-state index is 0.0784. The number of hydrogen-bond donors (Lipinski definition) is 1. The number of benzene rings is 1. The van der Waals surface area contributed by atoms with Gasteiger partial charge in [0.1, 0.15) is 0 Å². The molecule has 1 N–H and O–H groups in total. The van der Waals surface area contributed by atoms with Gasteiger partial charge in [0.2, 0.25) is 5.95 Å². The Kier molecular flexibility index (Phi) is 6.74. The van der Waals surface area contributed by atoms with Crippen molar-refractivity contribution in [2.75, 3.05) is 18.4 Å². The molecule has 0 aliphatic carbocycles. The highest BCUT2D eigenvalue weighted by Crippen LogP contribution is 2.39. The Morgan fingerprint density at radius 1 is 1.19 bits per heavy atom. The van der Waals surface area contributed by atoms with Crippen LogP contribution in [-0.4, -0.2) is 44.9 Å². The SMILES string of the molecule is CCC1(CC)CCC(CNc2ncc(Br)cn2)N(C(=O)c2cccc3nc(C)ccc23)C1. The Hall–Kier alpha value is -2.54. The summed E-state index contributed by atoms with van der Waals surface area (Å²) in [5.74, 6) is 0.656. The number of carbonyl (C=O) groups is 1. The first-order valence-corrected chi connectivity index (χ1v) is 12.1. The number of nitrogens with one attached hydrogen (secondary N) is 1. The zero-order valence-corrected chi connectivity index (χ0v) is 20.5. The van der Waals surface area contributed by atoms with Crippen LogP contribution < -0.4 is 5.32 Å². The highest BCUT2D eigenvalue weighted by Gasteiger charge is 2.39. The molecule has 3 heterocycles. The monoisotopic (exact) mass is 495 g/mol. The normalized spacial score (nSPS) is 18.0. The number of hydrogen-bond acceptors (Lipinski definition) is 5. The van der Waals surface area contributed by atoms with Gasteiger partial charge in [-0.1, -0.05) is 26.0 Å². The van der Waals surface area contributed by atoms with E-state index < -0.39 is 0 Å². The maximum Gasteiger partial charge on any atom is 0.254 e. The fraction of sp³-hybridized carbons (Fsp3) is 0.440. The van der Waals surface area contributed by atoms with Crippen LogP contribution in [0.1, 0.15) is 55.6 Å². The van der Waals surface area contributed by atoms with Crippen molar-refractivity contribution < 1.29 is 4.79 Å². The second kappa shape index (κ2) is 9.53. The maximum atomic E-state index is 13.9. The summed E-state index contributed by atoms with van der Waals surface area (Å²) < 4.78 is 0.841. The van der Waals surface area contributed by atoms with E-state index in [2.05, 4.69) is 54.9 Å². The van der Waals surface area contributed by atoms with E-state index in [0.717, 1.165) is 58.9 Å². The fourth-order valence-electron chi connectivity index (χ4n) is 4.69. The Morgan fingerprint density at radius 3 is 2.66 bits per heavy atom. The van der Waals surface area contributed by atoms with Gasteiger partial charge < -0.3 is 10.2 Å². The zero-order chi connectivity index (χ0) is 22.7. The molecule has 0 radical (unpaired) electrons. The summed E-state index contributed by atoms with van der Waals surface area (Å²) in [6, 6.07) is 9.91. The van der Waals surface area contributed by atoms with Gasteiger partial charge in [0.15, 0.2) is 0 Å². The van der Waals surface area contributed by atoms with Gasteiger partial charge in [0.05, 0.1) is 9.99 Å². The van der Waals surface area contributed by atoms with Crippen molar-refractivity contribution in [2.45, 2.75) is 52.5 Å². The lowest BCUT2D eigenvalue weighted by atomic mass is 9.73. The third kappa shape index (κ3) is 4.63. The lowest BCUT2D eigenvalue weighted by molar-refractivity contribution is 0.0297. The van der Waals surface area contributed by atoms with Gasteiger partial charge in [-0.25, -0.2) is 9.97 Å². The van der Waals surface area contributed by atoms with Crippen LogP contribution in [0.3, 0.4) is 0 Å². The minimum Gasteiger partial charge on any atom is -0.352 e. The second-order valence-electron chi connectivity index (χ2n) is 8.76. The second-order valence-corrected chi connectivity index (χ2v) is 9.68. The minimum atomic E-state index is 0.0784. The van der Waals surface area contributed by atoms with Crippen LogP contribution in [0.4, 0.5) is 5.95 Å². The number of piperidine rings is 1. The lowest BCUT2D eigenvalue weighted by Crippen LogP contribution is -2.53. The third-order valence-corrected chi connectivity index (χ3v) is 7.34. The van der Waals surface area contributed by atoms with E-state index in [1.165, 1.54) is 0 Å². The molecule has 0 spiro atoms. The molecule has 4 rings (SSSR count). The number of halogens is 1. The summed E-state index contributed by atoms with van der Waals surface area (Å²) in [4.78, 5) is 29.3. The van der Waals surface area contributed by atoms with E-state index in [9.17, 15) is 4.79 Å². The number of aromatic nitrogens is 3. The average molecular weight is 496 g/mol. The summed E-state index contributed by atoms with van der Waals surface area (Å²) in [6.45, 7) is 7.85. The van der Waals surface area contributed by atoms with Crippen molar-refractivity contribution in [3.05, 3.63) is 58.5 Å². The number of nitrogens with zero attached hydrogens (tertiary/aromatic N) is 4. The lowest BCUT2D eigenvalue weighted by Gasteiger charge is -2.47. The first kappa shape index (κ1) is 22.6. The molecule has 1 aliphatic heterocycles. The molecule has 1 amide bonds. The smallest absolute Gasteiger partial charge is 0.254 e. The number of anilines is 1. The highest BCUT2D eigenvalue weighted by atomic mass is 79.9. The molecule has 168 valence electrons. The van der Waals surface area contributed by atoms with Crippen LogP contribution in [0, 0.1) is 12.3 Å². The van der Waals surface area contributed by atoms with E-state index in [0.29, 0.717) is 12.5 Å². The van der Waals surface area contributed by atoms with Gasteiger partial charge in [-0.2, -0.15) is 0 Å². The van der Waals surface area contributed by atoms with Crippen molar-refractivity contribution in [1.29, 1.82) is 0 Å². The Bertz CT molecular complexity index is 1100. The molecule has 6 nitrogen and oxygen atoms in total. The molecule has 1 aliphatic rings. The third-order valence-electron chi connectivity index (χ3n) is 6.93. The average Bonchev–Trinajstić information content (AvgIpc) is 2.82. The van der Waals surface area contributed by atoms with Gasteiger partial charge in [0, 0.05) is 48.2 Å². The van der Waals surface area contributed by atoms with Crippen LogP contribution >= 0.6 is 15.9 Å². The molecule has 0 bridgehead atoms. The number of likely N-dealkylation sites (tertiary alicyclic amines) is 1. The maximum absolute atomic E-state index is 13.9. The van der Waals surface area contributed by atoms with Crippen LogP contribution in [0.15, 0.2) is 47.2 Å². The molecule has 7 heteroatoms. The fourth-order valence-corrected chi connectivity index (χ4v) is 4.89. The highest BCUT2D eigenvalue weighted by molar-refractivity contribution is 9.10. The van der Waals surface area contributed by atoms with E-state index in [-0.39, 0.29) is 17.4 Å². The van der Waals surface area contributed by atoms with Crippen molar-refractivity contribution in [2.24, 2.45) is 5.41 Å². The van der Waals surface area contributed by atoms with Crippen molar-refractivity contribution >= 4 is 38.7 Å². The van der Waals surface area contributed by atoms with Gasteiger partial charge in [0.25, 0.3) is 5.91 Å². The van der Waals surface area contributed by atoms with Gasteiger partial charge in [-0.05, 0) is 72.2 Å². The Morgan fingerprint density at radius 2 is 1.94 bits per heavy atom. The van der Waals surface area contributed by atoms with E-state index in [4.69, 9.17) is 0 Å². The molecule has 1 aromatic carbocycles. The number of amides is 1. The zero-order valence-electron chi connectivity index (χ0n) is 18.9. The Balaban J connectivity index is 1.64. The summed E-state index contributed by atoms with van der Waals surface area (Å²) in [6.07, 6.45) is 7.67. The quantitative estimate of drug-likeness (QED) is 0.480. The van der Waals surface area contributed by atoms with E-state index in [1.54, 1.807) is 12.4 Å². The van der Waals surface area contributed by atoms with Gasteiger partial charge >= 0.3 is 0 Å². The topological polar surface area (TPSA) is 71.0 Å². The van der Waals surface area contributed by atoms with Gasteiger partial charge in [-0.3, -0.25) is 9.78 Å². The summed E-state index contributed by atoms with van der Waals surface area (Å²) >= 11 is 3.37. The van der Waals surface area contributed by atoms with E-state index in [1.807, 2.05) is 37.3 Å². The molecular weight excluding hydrogens is 466 g/mol. The standard InChI is InChI=1S/C25H30BrN5O/c1-4-25(5-2)12-11-19(15-29-24-27-13-18(26)14-28-24)31(16-25)23(32)21-7-6-8-22-20(21)10-9-17(3)30-22/h6-10,13-14,19H,4-5,11-12,15-16H2,1-3H3,(H,27,28,29). The van der Waals surface area contributed by atoms with Crippen LogP contribution in [0.25, 0.3) is 10.9 Å². The van der Waals surface area contributed by atoms with Crippen molar-refractivity contribution in [3.8, 4) is 0 Å². The molecule has 1 atom stereocenters. The molecule has 1 unspecified atom stereocenters. The molecule has 1 saturated heterocycles. The largest absolute Gasteiger partial charge is 0.352 e. The van der Waals surface area contributed by atoms with Gasteiger partial charge in [-0.15, -0.1) is 0 Å². The van der Waals surface area contributed by atoms with Crippen molar-refractivity contribution in [1.82, 2.24) is 19.9 Å². The number of fused-ring (bicyclic) bond motifs is 1.